The maximum atomic E-state index is 5.77. The van der Waals surface area contributed by atoms with Crippen LogP contribution in [0.1, 0.15) is 66.2 Å². The molecule has 1 heteroatoms. The molecule has 0 aromatic heterocycles. The van der Waals surface area contributed by atoms with Crippen LogP contribution in [0.5, 0.6) is 0 Å². The van der Waals surface area contributed by atoms with Gasteiger partial charge in [0.25, 0.3) is 0 Å². The summed E-state index contributed by atoms with van der Waals surface area (Å²) < 4.78 is 5.77. The van der Waals surface area contributed by atoms with Gasteiger partial charge in [-0.05, 0) is 32.3 Å². The van der Waals surface area contributed by atoms with Crippen LogP contribution in [-0.4, -0.2) is 12.7 Å². The number of allylic oxidation sites excluding steroid dienone is 1. The molecule has 0 radical (unpaired) electrons. The molecule has 15 heavy (non-hydrogen) atoms. The molecule has 0 heterocycles. The van der Waals surface area contributed by atoms with E-state index in [2.05, 4.69) is 33.8 Å². The third-order valence-electron chi connectivity index (χ3n) is 2.72. The topological polar surface area (TPSA) is 9.23 Å². The Morgan fingerprint density at radius 1 is 1.13 bits per heavy atom. The second kappa shape index (κ2) is 10.2. The van der Waals surface area contributed by atoms with E-state index in [1.54, 1.807) is 0 Å². The van der Waals surface area contributed by atoms with E-state index in [9.17, 15) is 0 Å². The zero-order valence-electron chi connectivity index (χ0n) is 11.0. The summed E-state index contributed by atoms with van der Waals surface area (Å²) in [6.45, 7) is 9.54. The van der Waals surface area contributed by atoms with Crippen molar-refractivity contribution in [2.75, 3.05) is 6.61 Å². The third kappa shape index (κ3) is 7.61. The summed E-state index contributed by atoms with van der Waals surface area (Å²) in [5.41, 5.74) is 1.41. The lowest BCUT2D eigenvalue weighted by Crippen LogP contribution is -2.14. The van der Waals surface area contributed by atoms with Gasteiger partial charge in [-0.15, -0.1) is 0 Å². The molecule has 0 rings (SSSR count). The maximum Gasteiger partial charge on any atom is 0.0782 e. The standard InChI is InChI=1S/C14H28O/c1-5-8-9-10-12-14(15-7-3)13(4)11-6-2/h11,14H,5-10,12H2,1-4H3/b13-11+. The van der Waals surface area contributed by atoms with Crippen molar-refractivity contribution in [3.05, 3.63) is 11.6 Å². The van der Waals surface area contributed by atoms with Gasteiger partial charge < -0.3 is 4.74 Å². The highest BCUT2D eigenvalue weighted by Gasteiger charge is 2.09. The van der Waals surface area contributed by atoms with Gasteiger partial charge in [0.05, 0.1) is 6.10 Å². The highest BCUT2D eigenvalue weighted by molar-refractivity contribution is 5.04. The second-order valence-electron chi connectivity index (χ2n) is 4.15. The number of hydrogen-bond donors (Lipinski definition) is 0. The number of rotatable bonds is 9. The SMILES string of the molecule is CC/C=C(\C)C(CCCCCC)OCC. The molecule has 1 atom stereocenters. The molecule has 0 aliphatic carbocycles. The summed E-state index contributed by atoms with van der Waals surface area (Å²) in [5, 5.41) is 0. The van der Waals surface area contributed by atoms with Gasteiger partial charge in [-0.25, -0.2) is 0 Å². The molecular formula is C14H28O. The van der Waals surface area contributed by atoms with Gasteiger partial charge in [0.15, 0.2) is 0 Å². The minimum absolute atomic E-state index is 0.367. The fraction of sp³-hybridized carbons (Fsp3) is 0.857. The minimum Gasteiger partial charge on any atom is -0.374 e. The van der Waals surface area contributed by atoms with Crippen LogP contribution in [0.2, 0.25) is 0 Å². The monoisotopic (exact) mass is 212 g/mol. The van der Waals surface area contributed by atoms with E-state index in [-0.39, 0.29) is 0 Å². The number of unbranched alkanes of at least 4 members (excludes halogenated alkanes) is 3. The van der Waals surface area contributed by atoms with Gasteiger partial charge in [0.1, 0.15) is 0 Å². The smallest absolute Gasteiger partial charge is 0.0782 e. The molecule has 1 unspecified atom stereocenters. The Kier molecular flexibility index (Phi) is 10.0. The summed E-state index contributed by atoms with van der Waals surface area (Å²) in [5.74, 6) is 0. The van der Waals surface area contributed by atoms with Crippen molar-refractivity contribution in [2.24, 2.45) is 0 Å². The molecule has 0 aliphatic heterocycles. The fourth-order valence-corrected chi connectivity index (χ4v) is 1.85. The first-order valence-corrected chi connectivity index (χ1v) is 6.54. The highest BCUT2D eigenvalue weighted by atomic mass is 16.5. The molecule has 1 nitrogen and oxygen atoms in total. The molecule has 0 aliphatic rings. The molecule has 0 aromatic rings. The lowest BCUT2D eigenvalue weighted by molar-refractivity contribution is 0.0799. The van der Waals surface area contributed by atoms with E-state index in [0.29, 0.717) is 6.10 Å². The van der Waals surface area contributed by atoms with Crippen LogP contribution in [0.25, 0.3) is 0 Å². The highest BCUT2D eigenvalue weighted by Crippen LogP contribution is 2.15. The summed E-state index contributed by atoms with van der Waals surface area (Å²) >= 11 is 0. The zero-order valence-corrected chi connectivity index (χ0v) is 11.0. The van der Waals surface area contributed by atoms with Crippen LogP contribution in [0.15, 0.2) is 11.6 Å². The zero-order chi connectivity index (χ0) is 11.5. The molecule has 0 aromatic carbocycles. The Balaban J connectivity index is 3.87. The summed E-state index contributed by atoms with van der Waals surface area (Å²) in [6, 6.07) is 0. The van der Waals surface area contributed by atoms with E-state index in [0.717, 1.165) is 13.0 Å². The molecule has 0 saturated heterocycles. The summed E-state index contributed by atoms with van der Waals surface area (Å²) in [7, 11) is 0. The molecule has 0 fully saturated rings. The van der Waals surface area contributed by atoms with E-state index in [4.69, 9.17) is 4.74 Å². The Bertz CT molecular complexity index is 161. The average molecular weight is 212 g/mol. The Labute approximate surface area is 95.9 Å². The number of hydrogen-bond acceptors (Lipinski definition) is 1. The van der Waals surface area contributed by atoms with Crippen LogP contribution in [0, 0.1) is 0 Å². The maximum absolute atomic E-state index is 5.77. The molecule has 0 bridgehead atoms. The van der Waals surface area contributed by atoms with Crippen LogP contribution >= 0.6 is 0 Å². The molecule has 0 saturated carbocycles. The normalized spacial score (nSPS) is 14.3. The van der Waals surface area contributed by atoms with E-state index in [1.165, 1.54) is 37.7 Å². The first-order chi connectivity index (χ1) is 7.26. The van der Waals surface area contributed by atoms with Gasteiger partial charge in [-0.3, -0.25) is 0 Å². The first-order valence-electron chi connectivity index (χ1n) is 6.54. The van der Waals surface area contributed by atoms with E-state index < -0.39 is 0 Å². The van der Waals surface area contributed by atoms with Crippen LogP contribution in [0.3, 0.4) is 0 Å². The quantitative estimate of drug-likeness (QED) is 0.397. The Hall–Kier alpha value is -0.300. The van der Waals surface area contributed by atoms with Crippen molar-refractivity contribution in [2.45, 2.75) is 72.3 Å². The molecular weight excluding hydrogens is 184 g/mol. The summed E-state index contributed by atoms with van der Waals surface area (Å²) in [4.78, 5) is 0. The lowest BCUT2D eigenvalue weighted by Gasteiger charge is -2.17. The fourth-order valence-electron chi connectivity index (χ4n) is 1.85. The van der Waals surface area contributed by atoms with Crippen LogP contribution in [-0.2, 0) is 4.74 Å². The second-order valence-corrected chi connectivity index (χ2v) is 4.15. The van der Waals surface area contributed by atoms with Crippen LogP contribution < -0.4 is 0 Å². The van der Waals surface area contributed by atoms with E-state index >= 15 is 0 Å². The van der Waals surface area contributed by atoms with Crippen molar-refractivity contribution in [1.82, 2.24) is 0 Å². The lowest BCUT2D eigenvalue weighted by atomic mass is 10.0. The van der Waals surface area contributed by atoms with Gasteiger partial charge in [-0.1, -0.05) is 45.6 Å². The predicted molar refractivity (Wildman–Crippen MR) is 68.2 cm³/mol. The first kappa shape index (κ1) is 14.7. The molecule has 0 amide bonds. The van der Waals surface area contributed by atoms with Crippen LogP contribution in [0.4, 0.5) is 0 Å². The largest absolute Gasteiger partial charge is 0.374 e. The van der Waals surface area contributed by atoms with Gasteiger partial charge >= 0.3 is 0 Å². The van der Waals surface area contributed by atoms with Crippen molar-refractivity contribution in [3.63, 3.8) is 0 Å². The Morgan fingerprint density at radius 2 is 1.87 bits per heavy atom. The molecule has 0 N–H and O–H groups in total. The average Bonchev–Trinajstić information content (AvgIpc) is 2.23. The van der Waals surface area contributed by atoms with Gasteiger partial charge in [-0.2, -0.15) is 0 Å². The Morgan fingerprint density at radius 3 is 2.40 bits per heavy atom. The van der Waals surface area contributed by atoms with Crippen molar-refractivity contribution in [1.29, 1.82) is 0 Å². The van der Waals surface area contributed by atoms with Gasteiger partial charge in [0, 0.05) is 6.61 Å². The molecule has 90 valence electrons. The molecule has 0 spiro atoms. The summed E-state index contributed by atoms with van der Waals surface area (Å²) in [6.07, 6.45) is 10.3. The van der Waals surface area contributed by atoms with Crippen molar-refractivity contribution in [3.8, 4) is 0 Å². The van der Waals surface area contributed by atoms with Crippen molar-refractivity contribution < 1.29 is 4.74 Å². The minimum atomic E-state index is 0.367. The van der Waals surface area contributed by atoms with E-state index in [1.807, 2.05) is 0 Å². The third-order valence-corrected chi connectivity index (χ3v) is 2.72. The predicted octanol–water partition coefficient (Wildman–Crippen LogP) is 4.72. The van der Waals surface area contributed by atoms with Crippen molar-refractivity contribution >= 4 is 0 Å². The van der Waals surface area contributed by atoms with Gasteiger partial charge in [0.2, 0.25) is 0 Å². The number of ether oxygens (including phenoxy) is 1.